The zero-order chi connectivity index (χ0) is 13.3. The zero-order valence-electron chi connectivity index (χ0n) is 11.8. The molecule has 1 atom stereocenters. The molecule has 0 aliphatic carbocycles. The van der Waals surface area contributed by atoms with E-state index in [1.807, 2.05) is 0 Å². The monoisotopic (exact) mass is 245 g/mol. The van der Waals surface area contributed by atoms with Crippen molar-refractivity contribution in [2.75, 3.05) is 0 Å². The summed E-state index contributed by atoms with van der Waals surface area (Å²) in [6.07, 6.45) is 2.57. The van der Waals surface area contributed by atoms with E-state index in [1.165, 1.54) is 16.7 Å². The highest BCUT2D eigenvalue weighted by atomic mass is 16.2. The number of rotatable bonds is 3. The van der Waals surface area contributed by atoms with Crippen LogP contribution in [0.15, 0.2) is 18.2 Å². The minimum Gasteiger partial charge on any atom is -0.350 e. The van der Waals surface area contributed by atoms with Gasteiger partial charge in [0.15, 0.2) is 0 Å². The number of carbonyl (C=O) groups excluding carboxylic acids is 1. The maximum atomic E-state index is 11.6. The molecule has 1 heterocycles. The third kappa shape index (κ3) is 2.29. The van der Waals surface area contributed by atoms with Crippen molar-refractivity contribution < 1.29 is 4.79 Å². The predicted octanol–water partition coefficient (Wildman–Crippen LogP) is 3.15. The van der Waals surface area contributed by atoms with Crippen LogP contribution in [0.5, 0.6) is 0 Å². The summed E-state index contributed by atoms with van der Waals surface area (Å²) >= 11 is 0. The van der Waals surface area contributed by atoms with Crippen LogP contribution in [0.4, 0.5) is 0 Å². The number of aryl methyl sites for hydroxylation is 1. The molecular weight excluding hydrogens is 222 g/mol. The lowest BCUT2D eigenvalue weighted by Gasteiger charge is -2.34. The molecule has 0 radical (unpaired) electrons. The molecule has 0 spiro atoms. The number of hydrogen-bond donors (Lipinski definition) is 1. The van der Waals surface area contributed by atoms with Crippen molar-refractivity contribution in [3.8, 4) is 0 Å². The van der Waals surface area contributed by atoms with Crippen LogP contribution in [0.1, 0.15) is 43.4 Å². The Labute approximate surface area is 110 Å². The number of nitrogens with one attached hydrogen (secondary N) is 1. The molecule has 1 aromatic carbocycles. The Bertz CT molecular complexity index is 464. The minimum absolute atomic E-state index is 0.0460. The van der Waals surface area contributed by atoms with Gasteiger partial charge in [0.25, 0.3) is 0 Å². The van der Waals surface area contributed by atoms with E-state index in [9.17, 15) is 4.79 Å². The molecule has 2 heteroatoms. The average Bonchev–Trinajstić information content (AvgIpc) is 2.68. The van der Waals surface area contributed by atoms with Crippen LogP contribution in [0.3, 0.4) is 0 Å². The Morgan fingerprint density at radius 3 is 2.61 bits per heavy atom. The summed E-state index contributed by atoms with van der Waals surface area (Å²) in [6, 6.07) is 6.45. The van der Waals surface area contributed by atoms with Gasteiger partial charge in [-0.1, -0.05) is 32.0 Å². The normalized spacial score (nSPS) is 23.5. The van der Waals surface area contributed by atoms with E-state index in [0.29, 0.717) is 12.3 Å². The van der Waals surface area contributed by atoms with Crippen molar-refractivity contribution in [1.82, 2.24) is 5.32 Å². The fourth-order valence-electron chi connectivity index (χ4n) is 2.85. The predicted molar refractivity (Wildman–Crippen MR) is 74.6 cm³/mol. The first-order valence-electron chi connectivity index (χ1n) is 6.81. The molecule has 2 rings (SSSR count). The number of benzene rings is 1. The standard InChI is InChI=1S/C16H23NO/c1-11(2)16(9-8-15(18)17-16)10-14-7-5-6-12(3)13(14)4/h5-7,11H,8-10H2,1-4H3,(H,17,18). The Morgan fingerprint density at radius 2 is 2.06 bits per heavy atom. The van der Waals surface area contributed by atoms with E-state index in [-0.39, 0.29) is 11.4 Å². The second-order valence-corrected chi connectivity index (χ2v) is 5.89. The van der Waals surface area contributed by atoms with Crippen LogP contribution in [0.25, 0.3) is 0 Å². The van der Waals surface area contributed by atoms with E-state index in [0.717, 1.165) is 12.8 Å². The minimum atomic E-state index is -0.0460. The van der Waals surface area contributed by atoms with Crippen LogP contribution in [0.2, 0.25) is 0 Å². The van der Waals surface area contributed by atoms with Crippen LogP contribution >= 0.6 is 0 Å². The van der Waals surface area contributed by atoms with Crippen molar-refractivity contribution >= 4 is 5.91 Å². The highest BCUT2D eigenvalue weighted by Gasteiger charge is 2.40. The Hall–Kier alpha value is -1.31. The molecule has 1 aliphatic rings. The first kappa shape index (κ1) is 13.1. The fourth-order valence-corrected chi connectivity index (χ4v) is 2.85. The Balaban J connectivity index is 2.30. The van der Waals surface area contributed by atoms with E-state index in [4.69, 9.17) is 0 Å². The van der Waals surface area contributed by atoms with Crippen molar-refractivity contribution in [2.24, 2.45) is 5.92 Å². The molecule has 1 aromatic rings. The van der Waals surface area contributed by atoms with Gasteiger partial charge in [-0.15, -0.1) is 0 Å². The number of amides is 1. The summed E-state index contributed by atoms with van der Waals surface area (Å²) in [4.78, 5) is 11.6. The van der Waals surface area contributed by atoms with Crippen LogP contribution in [-0.2, 0) is 11.2 Å². The van der Waals surface area contributed by atoms with Gasteiger partial charge >= 0.3 is 0 Å². The van der Waals surface area contributed by atoms with Gasteiger partial charge in [-0.25, -0.2) is 0 Å². The second kappa shape index (κ2) is 4.75. The van der Waals surface area contributed by atoms with Gasteiger partial charge in [0, 0.05) is 12.0 Å². The van der Waals surface area contributed by atoms with Crippen molar-refractivity contribution in [3.05, 3.63) is 34.9 Å². The number of carbonyl (C=O) groups is 1. The topological polar surface area (TPSA) is 29.1 Å². The highest BCUT2D eigenvalue weighted by Crippen LogP contribution is 2.33. The summed E-state index contributed by atoms with van der Waals surface area (Å²) < 4.78 is 0. The molecule has 98 valence electrons. The molecule has 1 fully saturated rings. The lowest BCUT2D eigenvalue weighted by molar-refractivity contribution is -0.120. The summed E-state index contributed by atoms with van der Waals surface area (Å²) in [7, 11) is 0. The summed E-state index contributed by atoms with van der Waals surface area (Å²) in [5, 5.41) is 3.22. The molecule has 2 nitrogen and oxygen atoms in total. The first-order valence-corrected chi connectivity index (χ1v) is 6.81. The van der Waals surface area contributed by atoms with Crippen molar-refractivity contribution in [1.29, 1.82) is 0 Å². The molecule has 0 aromatic heterocycles. The lowest BCUT2D eigenvalue weighted by Crippen LogP contribution is -2.48. The molecule has 0 bridgehead atoms. The zero-order valence-corrected chi connectivity index (χ0v) is 11.8. The average molecular weight is 245 g/mol. The molecule has 1 saturated heterocycles. The third-order valence-electron chi connectivity index (χ3n) is 4.51. The molecule has 1 amide bonds. The molecule has 18 heavy (non-hydrogen) atoms. The molecule has 1 aliphatic heterocycles. The molecular formula is C16H23NO. The van der Waals surface area contributed by atoms with Crippen LogP contribution in [-0.4, -0.2) is 11.4 Å². The fraction of sp³-hybridized carbons (Fsp3) is 0.562. The lowest BCUT2D eigenvalue weighted by atomic mass is 9.78. The maximum Gasteiger partial charge on any atom is 0.220 e. The Kier molecular flexibility index (Phi) is 3.47. The Morgan fingerprint density at radius 1 is 1.33 bits per heavy atom. The smallest absolute Gasteiger partial charge is 0.220 e. The molecule has 1 unspecified atom stereocenters. The summed E-state index contributed by atoms with van der Waals surface area (Å²) in [5.41, 5.74) is 4.01. The summed E-state index contributed by atoms with van der Waals surface area (Å²) in [6.45, 7) is 8.73. The van der Waals surface area contributed by atoms with Gasteiger partial charge in [-0.3, -0.25) is 4.79 Å². The quantitative estimate of drug-likeness (QED) is 0.871. The van der Waals surface area contributed by atoms with E-state index in [1.54, 1.807) is 0 Å². The maximum absolute atomic E-state index is 11.6. The number of hydrogen-bond acceptors (Lipinski definition) is 1. The first-order chi connectivity index (χ1) is 8.44. The molecule has 1 N–H and O–H groups in total. The van der Waals surface area contributed by atoms with Gasteiger partial charge in [-0.2, -0.15) is 0 Å². The molecule has 0 saturated carbocycles. The van der Waals surface area contributed by atoms with E-state index >= 15 is 0 Å². The highest BCUT2D eigenvalue weighted by molar-refractivity contribution is 5.79. The van der Waals surface area contributed by atoms with Gasteiger partial charge < -0.3 is 5.32 Å². The van der Waals surface area contributed by atoms with Crippen molar-refractivity contribution in [3.63, 3.8) is 0 Å². The van der Waals surface area contributed by atoms with Crippen LogP contribution < -0.4 is 5.32 Å². The van der Waals surface area contributed by atoms with Crippen LogP contribution in [0, 0.1) is 19.8 Å². The van der Waals surface area contributed by atoms with E-state index in [2.05, 4.69) is 51.2 Å². The van der Waals surface area contributed by atoms with Gasteiger partial charge in [-0.05, 0) is 49.3 Å². The second-order valence-electron chi connectivity index (χ2n) is 5.89. The van der Waals surface area contributed by atoms with Gasteiger partial charge in [0.05, 0.1) is 0 Å². The van der Waals surface area contributed by atoms with E-state index < -0.39 is 0 Å². The van der Waals surface area contributed by atoms with Gasteiger partial charge in [0.1, 0.15) is 0 Å². The summed E-state index contributed by atoms with van der Waals surface area (Å²) in [5.74, 6) is 0.665. The van der Waals surface area contributed by atoms with Gasteiger partial charge in [0.2, 0.25) is 5.91 Å². The largest absolute Gasteiger partial charge is 0.350 e. The SMILES string of the molecule is Cc1cccc(CC2(C(C)C)CCC(=O)N2)c1C. The third-order valence-corrected chi connectivity index (χ3v) is 4.51. The van der Waals surface area contributed by atoms with Crippen molar-refractivity contribution in [2.45, 2.75) is 52.5 Å².